The first kappa shape index (κ1) is 22.6. The summed E-state index contributed by atoms with van der Waals surface area (Å²) in [5, 5.41) is 7.85. The Morgan fingerprint density at radius 2 is 1.88 bits per heavy atom. The molecule has 9 heteroatoms. The van der Waals surface area contributed by atoms with Gasteiger partial charge in [0.2, 0.25) is 11.8 Å². The lowest BCUT2D eigenvalue weighted by atomic mass is 10.1. The molecular weight excluding hydrogens is 447 g/mol. The fraction of sp³-hybridized carbons (Fsp3) is 0.348. The van der Waals surface area contributed by atoms with Gasteiger partial charge in [-0.2, -0.15) is 0 Å². The number of amides is 2. The number of rotatable bonds is 7. The van der Waals surface area contributed by atoms with Gasteiger partial charge in [-0.15, -0.1) is 22.7 Å². The van der Waals surface area contributed by atoms with Crippen molar-refractivity contribution in [3.63, 3.8) is 0 Å². The molecule has 1 fully saturated rings. The van der Waals surface area contributed by atoms with Gasteiger partial charge in [0.15, 0.2) is 0 Å². The maximum absolute atomic E-state index is 13.4. The fourth-order valence-electron chi connectivity index (χ4n) is 3.72. The number of aryl methyl sites for hydroxylation is 1. The second-order valence-electron chi connectivity index (χ2n) is 7.78. The van der Waals surface area contributed by atoms with Gasteiger partial charge < -0.3 is 10.2 Å². The lowest BCUT2D eigenvalue weighted by molar-refractivity contribution is -0.132. The van der Waals surface area contributed by atoms with Crippen molar-refractivity contribution in [2.45, 2.75) is 19.4 Å². The molecule has 0 aliphatic carbocycles. The van der Waals surface area contributed by atoms with Crippen LogP contribution in [0, 0.1) is 12.7 Å². The van der Waals surface area contributed by atoms with E-state index in [9.17, 15) is 14.0 Å². The molecule has 4 rings (SSSR count). The molecular formula is C23H25FN4O2S2. The quantitative estimate of drug-likeness (QED) is 0.573. The number of nitrogens with zero attached hydrogens (tertiary/aromatic N) is 3. The molecule has 0 saturated carbocycles. The molecule has 1 aliphatic heterocycles. The predicted molar refractivity (Wildman–Crippen MR) is 124 cm³/mol. The van der Waals surface area contributed by atoms with Crippen LogP contribution in [0.3, 0.4) is 0 Å². The molecule has 1 unspecified atom stereocenters. The number of nitrogens with one attached hydrogen (secondary N) is 1. The molecule has 1 N–H and O–H groups in total. The highest BCUT2D eigenvalue weighted by Gasteiger charge is 2.24. The maximum atomic E-state index is 13.4. The van der Waals surface area contributed by atoms with Gasteiger partial charge in [-0.05, 0) is 36.1 Å². The Morgan fingerprint density at radius 1 is 1.12 bits per heavy atom. The van der Waals surface area contributed by atoms with Crippen molar-refractivity contribution >= 4 is 34.5 Å². The molecule has 32 heavy (non-hydrogen) atoms. The number of carbonyl (C=O) groups excluding carboxylic acids is 2. The molecule has 0 radical (unpaired) electrons. The Hall–Kier alpha value is -2.62. The molecule has 168 valence electrons. The van der Waals surface area contributed by atoms with E-state index in [1.807, 2.05) is 34.7 Å². The third-order valence-corrected chi connectivity index (χ3v) is 7.30. The number of hydrogen-bond acceptors (Lipinski definition) is 6. The van der Waals surface area contributed by atoms with E-state index in [-0.39, 0.29) is 30.2 Å². The van der Waals surface area contributed by atoms with Crippen molar-refractivity contribution in [3.8, 4) is 0 Å². The minimum absolute atomic E-state index is 0.0810. The lowest BCUT2D eigenvalue weighted by Gasteiger charge is -2.34. The molecule has 6 nitrogen and oxygen atoms in total. The number of halogens is 1. The summed E-state index contributed by atoms with van der Waals surface area (Å²) >= 11 is 3.07. The Morgan fingerprint density at radius 3 is 2.50 bits per heavy atom. The van der Waals surface area contributed by atoms with Crippen LogP contribution in [0.1, 0.15) is 27.2 Å². The smallest absolute Gasteiger partial charge is 0.234 e. The molecule has 0 spiro atoms. The van der Waals surface area contributed by atoms with E-state index >= 15 is 0 Å². The molecule has 2 aromatic heterocycles. The summed E-state index contributed by atoms with van der Waals surface area (Å²) in [6.45, 7) is 4.68. The van der Waals surface area contributed by atoms with Crippen molar-refractivity contribution in [3.05, 3.63) is 74.1 Å². The molecule has 3 heterocycles. The summed E-state index contributed by atoms with van der Waals surface area (Å²) in [5.74, 6) is -0.314. The summed E-state index contributed by atoms with van der Waals surface area (Å²) in [6, 6.07) is 9.81. The van der Waals surface area contributed by atoms with Crippen LogP contribution in [-0.4, -0.2) is 59.3 Å². The predicted octanol–water partition coefficient (Wildman–Crippen LogP) is 3.24. The maximum Gasteiger partial charge on any atom is 0.234 e. The number of aromatic nitrogens is 1. The molecule has 2 amide bonds. The second-order valence-corrected chi connectivity index (χ2v) is 9.71. The van der Waals surface area contributed by atoms with E-state index < -0.39 is 0 Å². The van der Waals surface area contributed by atoms with E-state index in [0.717, 1.165) is 21.1 Å². The fourth-order valence-corrected chi connectivity index (χ4v) is 5.28. The van der Waals surface area contributed by atoms with Crippen LogP contribution in [0.15, 0.2) is 47.2 Å². The van der Waals surface area contributed by atoms with Crippen LogP contribution in [-0.2, 0) is 16.0 Å². The van der Waals surface area contributed by atoms with Crippen molar-refractivity contribution in [2.24, 2.45) is 0 Å². The van der Waals surface area contributed by atoms with Gasteiger partial charge in [0.1, 0.15) is 10.8 Å². The van der Waals surface area contributed by atoms with Crippen LogP contribution in [0.5, 0.6) is 0 Å². The lowest BCUT2D eigenvalue weighted by Crippen LogP contribution is -2.51. The van der Waals surface area contributed by atoms with Crippen molar-refractivity contribution in [2.75, 3.05) is 32.7 Å². The number of thiazole rings is 1. The highest BCUT2D eigenvalue weighted by Crippen LogP contribution is 2.26. The topological polar surface area (TPSA) is 65.5 Å². The van der Waals surface area contributed by atoms with Gasteiger partial charge >= 0.3 is 0 Å². The largest absolute Gasteiger partial charge is 0.343 e. The summed E-state index contributed by atoms with van der Waals surface area (Å²) < 4.78 is 13.4. The van der Waals surface area contributed by atoms with E-state index in [4.69, 9.17) is 0 Å². The molecule has 1 saturated heterocycles. The van der Waals surface area contributed by atoms with Crippen molar-refractivity contribution < 1.29 is 14.0 Å². The van der Waals surface area contributed by atoms with Crippen molar-refractivity contribution in [1.29, 1.82) is 0 Å². The van der Waals surface area contributed by atoms with Gasteiger partial charge in [-0.3, -0.25) is 14.5 Å². The number of thiophene rings is 1. The molecule has 0 bridgehead atoms. The van der Waals surface area contributed by atoms with Crippen LogP contribution in [0.25, 0.3) is 0 Å². The average Bonchev–Trinajstić information content (AvgIpc) is 3.45. The molecule has 1 aromatic carbocycles. The van der Waals surface area contributed by atoms with E-state index in [1.165, 1.54) is 23.5 Å². The third-order valence-electron chi connectivity index (χ3n) is 5.40. The summed E-state index contributed by atoms with van der Waals surface area (Å²) in [5.41, 5.74) is 1.78. The summed E-state index contributed by atoms with van der Waals surface area (Å²) in [4.78, 5) is 34.6. The van der Waals surface area contributed by atoms with Gasteiger partial charge in [-0.1, -0.05) is 18.2 Å². The Bertz CT molecular complexity index is 1040. The minimum atomic E-state index is -0.312. The number of piperazine rings is 1. The average molecular weight is 473 g/mol. The third kappa shape index (κ3) is 5.79. The zero-order valence-corrected chi connectivity index (χ0v) is 19.4. The molecule has 1 aliphatic rings. The first-order valence-electron chi connectivity index (χ1n) is 10.5. The summed E-state index contributed by atoms with van der Waals surface area (Å²) in [6.07, 6.45) is 0.332. The molecule has 3 aromatic rings. The number of benzene rings is 1. The first-order valence-corrected chi connectivity index (χ1v) is 12.2. The van der Waals surface area contributed by atoms with Gasteiger partial charge in [0, 0.05) is 42.1 Å². The Labute approximate surface area is 194 Å². The Kier molecular flexibility index (Phi) is 7.29. The zero-order chi connectivity index (χ0) is 22.5. The normalized spacial score (nSPS) is 15.5. The van der Waals surface area contributed by atoms with Crippen LogP contribution >= 0.6 is 22.7 Å². The molecule has 1 atom stereocenters. The van der Waals surface area contributed by atoms with E-state index in [1.54, 1.807) is 23.5 Å². The standard InChI is InChI=1S/C23H25FN4O2S2/c1-16-15-32-21(25-16)13-22(30)28-10-8-27(9-11-28)14-20(29)26-23(19-3-2-12-31-19)17-4-6-18(24)7-5-17/h2-7,12,15,23H,8-11,13-14H2,1H3,(H,26,29). The number of hydrogen-bond donors (Lipinski definition) is 1. The second kappa shape index (κ2) is 10.3. The van der Waals surface area contributed by atoms with Crippen LogP contribution < -0.4 is 5.32 Å². The minimum Gasteiger partial charge on any atom is -0.343 e. The SMILES string of the molecule is Cc1csc(CC(=O)N2CCN(CC(=O)NC(c3ccc(F)cc3)c3cccs3)CC2)n1. The van der Waals surface area contributed by atoms with Crippen LogP contribution in [0.2, 0.25) is 0 Å². The highest BCUT2D eigenvalue weighted by molar-refractivity contribution is 7.10. The van der Waals surface area contributed by atoms with Gasteiger partial charge in [0.25, 0.3) is 0 Å². The monoisotopic (exact) mass is 472 g/mol. The van der Waals surface area contributed by atoms with E-state index in [0.29, 0.717) is 32.6 Å². The number of carbonyl (C=O) groups is 2. The summed E-state index contributed by atoms with van der Waals surface area (Å²) in [7, 11) is 0. The van der Waals surface area contributed by atoms with E-state index in [2.05, 4.69) is 15.2 Å². The first-order chi connectivity index (χ1) is 15.5. The van der Waals surface area contributed by atoms with Crippen LogP contribution in [0.4, 0.5) is 4.39 Å². The highest BCUT2D eigenvalue weighted by atomic mass is 32.1. The zero-order valence-electron chi connectivity index (χ0n) is 17.8. The van der Waals surface area contributed by atoms with Gasteiger partial charge in [0.05, 0.1) is 19.0 Å². The van der Waals surface area contributed by atoms with Crippen molar-refractivity contribution in [1.82, 2.24) is 20.1 Å². The Balaban J connectivity index is 1.30. The van der Waals surface area contributed by atoms with Gasteiger partial charge in [-0.25, -0.2) is 9.37 Å².